The van der Waals surface area contributed by atoms with Crippen LogP contribution in [-0.4, -0.2) is 17.0 Å². The molecule has 0 bridgehead atoms. The van der Waals surface area contributed by atoms with Gasteiger partial charge in [0.2, 0.25) is 0 Å². The Labute approximate surface area is 106 Å². The van der Waals surface area contributed by atoms with Crippen molar-refractivity contribution in [2.75, 3.05) is 0 Å². The Morgan fingerprint density at radius 2 is 1.89 bits per heavy atom. The molecule has 3 rings (SSSR count). The Balaban J connectivity index is 1.87. The van der Waals surface area contributed by atoms with Crippen molar-refractivity contribution in [3.63, 3.8) is 0 Å². The van der Waals surface area contributed by atoms with Gasteiger partial charge < -0.3 is 5.11 Å². The zero-order chi connectivity index (χ0) is 12.5. The van der Waals surface area contributed by atoms with E-state index in [1.165, 1.54) is 0 Å². The highest BCUT2D eigenvalue weighted by atomic mass is 16.3. The van der Waals surface area contributed by atoms with E-state index in [1.54, 1.807) is 0 Å². The molecular formula is C16H16O2. The lowest BCUT2D eigenvalue weighted by Crippen LogP contribution is -2.24. The minimum absolute atomic E-state index is 0.0474. The lowest BCUT2D eigenvalue weighted by atomic mass is 9.97. The minimum atomic E-state index is -0.760. The second-order valence-corrected chi connectivity index (χ2v) is 5.06. The van der Waals surface area contributed by atoms with Crippen LogP contribution in [0.25, 0.3) is 10.8 Å². The Kier molecular flexibility index (Phi) is 2.88. The summed E-state index contributed by atoms with van der Waals surface area (Å²) in [6, 6.07) is 14.0. The standard InChI is InChI=1S/C16H16O2/c17-15(16(18)12-8-9-12)10-13-6-3-5-11-4-1-2-7-14(11)13/h1-7,12,16,18H,8-10H2. The number of rotatable bonds is 4. The summed E-state index contributed by atoms with van der Waals surface area (Å²) in [6.45, 7) is 0. The van der Waals surface area contributed by atoms with Crippen LogP contribution >= 0.6 is 0 Å². The van der Waals surface area contributed by atoms with Crippen molar-refractivity contribution < 1.29 is 9.90 Å². The van der Waals surface area contributed by atoms with Gasteiger partial charge in [0.15, 0.2) is 5.78 Å². The highest BCUT2D eigenvalue weighted by Crippen LogP contribution is 2.33. The van der Waals surface area contributed by atoms with Gasteiger partial charge in [-0.25, -0.2) is 0 Å². The fraction of sp³-hybridized carbons (Fsp3) is 0.312. The van der Waals surface area contributed by atoms with E-state index in [9.17, 15) is 9.90 Å². The van der Waals surface area contributed by atoms with Crippen molar-refractivity contribution >= 4 is 16.6 Å². The van der Waals surface area contributed by atoms with E-state index in [0.717, 1.165) is 29.2 Å². The second-order valence-electron chi connectivity index (χ2n) is 5.06. The van der Waals surface area contributed by atoms with Crippen molar-refractivity contribution in [3.8, 4) is 0 Å². The predicted molar refractivity (Wildman–Crippen MR) is 71.4 cm³/mol. The molecule has 0 amide bonds. The molecule has 0 aliphatic heterocycles. The molecule has 0 heterocycles. The first-order chi connectivity index (χ1) is 8.75. The summed E-state index contributed by atoms with van der Waals surface area (Å²) in [5, 5.41) is 12.1. The Hall–Kier alpha value is -1.67. The number of benzene rings is 2. The summed E-state index contributed by atoms with van der Waals surface area (Å²) in [6.07, 6.45) is 1.55. The Bertz CT molecular complexity index is 579. The molecule has 2 nitrogen and oxygen atoms in total. The first-order valence-corrected chi connectivity index (χ1v) is 6.43. The number of aliphatic hydroxyl groups is 1. The quantitative estimate of drug-likeness (QED) is 0.892. The molecule has 2 heteroatoms. The van der Waals surface area contributed by atoms with Crippen LogP contribution in [0, 0.1) is 5.92 Å². The highest BCUT2D eigenvalue weighted by molar-refractivity contribution is 5.92. The number of carbonyl (C=O) groups excluding carboxylic acids is 1. The summed E-state index contributed by atoms with van der Waals surface area (Å²) >= 11 is 0. The van der Waals surface area contributed by atoms with Crippen LogP contribution in [0.5, 0.6) is 0 Å². The van der Waals surface area contributed by atoms with E-state index in [4.69, 9.17) is 0 Å². The van der Waals surface area contributed by atoms with Crippen molar-refractivity contribution in [1.29, 1.82) is 0 Å². The lowest BCUT2D eigenvalue weighted by molar-refractivity contribution is -0.127. The molecule has 0 saturated heterocycles. The van der Waals surface area contributed by atoms with Crippen LogP contribution in [0.1, 0.15) is 18.4 Å². The van der Waals surface area contributed by atoms with Gasteiger partial charge in [-0.15, -0.1) is 0 Å². The van der Waals surface area contributed by atoms with Crippen LogP contribution in [0.4, 0.5) is 0 Å². The molecule has 92 valence electrons. The monoisotopic (exact) mass is 240 g/mol. The molecule has 18 heavy (non-hydrogen) atoms. The maximum atomic E-state index is 12.0. The summed E-state index contributed by atoms with van der Waals surface area (Å²) in [4.78, 5) is 12.0. The number of fused-ring (bicyclic) bond motifs is 1. The molecule has 1 fully saturated rings. The third kappa shape index (κ3) is 2.16. The van der Waals surface area contributed by atoms with Crippen LogP contribution < -0.4 is 0 Å². The normalized spacial score (nSPS) is 16.7. The van der Waals surface area contributed by atoms with Gasteiger partial charge in [0, 0.05) is 6.42 Å². The number of Topliss-reactive ketones (excluding diaryl/α,β-unsaturated/α-hetero) is 1. The summed E-state index contributed by atoms with van der Waals surface area (Å²) in [5.41, 5.74) is 1.01. The zero-order valence-corrected chi connectivity index (χ0v) is 10.2. The molecule has 1 N–H and O–H groups in total. The van der Waals surface area contributed by atoms with E-state index < -0.39 is 6.10 Å². The first kappa shape index (κ1) is 11.4. The Morgan fingerprint density at radius 3 is 2.67 bits per heavy atom. The SMILES string of the molecule is O=C(Cc1cccc2ccccc12)C(O)C1CC1. The second kappa shape index (κ2) is 4.54. The third-order valence-electron chi connectivity index (χ3n) is 3.64. The van der Waals surface area contributed by atoms with Gasteiger partial charge in [-0.1, -0.05) is 42.5 Å². The average Bonchev–Trinajstić information content (AvgIpc) is 3.22. The summed E-state index contributed by atoms with van der Waals surface area (Å²) in [5.74, 6) is 0.168. The molecule has 0 radical (unpaired) electrons. The van der Waals surface area contributed by atoms with Gasteiger partial charge in [-0.3, -0.25) is 4.79 Å². The number of carbonyl (C=O) groups is 1. The largest absolute Gasteiger partial charge is 0.385 e. The maximum absolute atomic E-state index is 12.0. The fourth-order valence-corrected chi connectivity index (χ4v) is 2.41. The zero-order valence-electron chi connectivity index (χ0n) is 10.2. The third-order valence-corrected chi connectivity index (χ3v) is 3.64. The van der Waals surface area contributed by atoms with Crippen molar-refractivity contribution in [2.45, 2.75) is 25.4 Å². The lowest BCUT2D eigenvalue weighted by Gasteiger charge is -2.10. The van der Waals surface area contributed by atoms with E-state index in [0.29, 0.717) is 6.42 Å². The van der Waals surface area contributed by atoms with Gasteiger partial charge in [0.1, 0.15) is 6.10 Å². The van der Waals surface area contributed by atoms with E-state index in [-0.39, 0.29) is 11.7 Å². The fourth-order valence-electron chi connectivity index (χ4n) is 2.41. The number of ketones is 1. The summed E-state index contributed by atoms with van der Waals surface area (Å²) in [7, 11) is 0. The van der Waals surface area contributed by atoms with Gasteiger partial charge in [0.05, 0.1) is 0 Å². The average molecular weight is 240 g/mol. The molecule has 1 unspecified atom stereocenters. The van der Waals surface area contributed by atoms with Crippen LogP contribution in [0.2, 0.25) is 0 Å². The van der Waals surface area contributed by atoms with E-state index in [1.807, 2.05) is 42.5 Å². The molecule has 2 aromatic rings. The van der Waals surface area contributed by atoms with Crippen molar-refractivity contribution in [1.82, 2.24) is 0 Å². The van der Waals surface area contributed by atoms with Gasteiger partial charge >= 0.3 is 0 Å². The maximum Gasteiger partial charge on any atom is 0.165 e. The molecule has 1 aliphatic carbocycles. The Morgan fingerprint density at radius 1 is 1.17 bits per heavy atom. The van der Waals surface area contributed by atoms with Gasteiger partial charge in [-0.2, -0.15) is 0 Å². The summed E-state index contributed by atoms with van der Waals surface area (Å²) < 4.78 is 0. The van der Waals surface area contributed by atoms with Crippen LogP contribution in [0.15, 0.2) is 42.5 Å². The first-order valence-electron chi connectivity index (χ1n) is 6.43. The van der Waals surface area contributed by atoms with E-state index >= 15 is 0 Å². The topological polar surface area (TPSA) is 37.3 Å². The molecule has 1 saturated carbocycles. The molecular weight excluding hydrogens is 224 g/mol. The number of hydrogen-bond acceptors (Lipinski definition) is 2. The van der Waals surface area contributed by atoms with E-state index in [2.05, 4.69) is 0 Å². The highest BCUT2D eigenvalue weighted by Gasteiger charge is 2.34. The smallest absolute Gasteiger partial charge is 0.165 e. The molecule has 1 atom stereocenters. The van der Waals surface area contributed by atoms with Crippen LogP contribution in [0.3, 0.4) is 0 Å². The number of hydrogen-bond donors (Lipinski definition) is 1. The van der Waals surface area contributed by atoms with Gasteiger partial charge in [-0.05, 0) is 35.1 Å². The number of aliphatic hydroxyl groups excluding tert-OH is 1. The predicted octanol–water partition coefficient (Wildman–Crippen LogP) is 2.72. The van der Waals surface area contributed by atoms with Gasteiger partial charge in [0.25, 0.3) is 0 Å². The van der Waals surface area contributed by atoms with Crippen LogP contribution in [-0.2, 0) is 11.2 Å². The molecule has 2 aromatic carbocycles. The minimum Gasteiger partial charge on any atom is -0.385 e. The van der Waals surface area contributed by atoms with Crippen molar-refractivity contribution in [2.24, 2.45) is 5.92 Å². The molecule has 0 spiro atoms. The molecule has 1 aliphatic rings. The molecule has 0 aromatic heterocycles. The van der Waals surface area contributed by atoms with Crippen molar-refractivity contribution in [3.05, 3.63) is 48.0 Å².